The molecular formula is C17H27ClN4O. The highest BCUT2D eigenvalue weighted by atomic mass is 35.5. The second-order valence-corrected chi connectivity index (χ2v) is 6.68. The third kappa shape index (κ3) is 3.69. The molecule has 2 saturated heterocycles. The van der Waals surface area contributed by atoms with E-state index in [4.69, 9.17) is 0 Å². The Bertz CT molecular complexity index is 551. The zero-order valence-corrected chi connectivity index (χ0v) is 14.8. The van der Waals surface area contributed by atoms with Gasteiger partial charge in [-0.1, -0.05) is 26.0 Å². The number of nitrogens with one attached hydrogen (secondary N) is 3. The summed E-state index contributed by atoms with van der Waals surface area (Å²) in [6, 6.07) is 8.49. The predicted molar refractivity (Wildman–Crippen MR) is 96.0 cm³/mol. The molecule has 3 unspecified atom stereocenters. The number of carbonyl (C=O) groups excluding carboxylic acids is 1. The number of rotatable bonds is 3. The van der Waals surface area contributed by atoms with Gasteiger partial charge >= 0.3 is 0 Å². The molecule has 1 amide bonds. The Morgan fingerprint density at radius 2 is 2.09 bits per heavy atom. The summed E-state index contributed by atoms with van der Waals surface area (Å²) in [4.78, 5) is 14.7. The Balaban J connectivity index is 0.00000192. The minimum atomic E-state index is -0.162. The number of piperidine rings is 1. The van der Waals surface area contributed by atoms with Crippen molar-refractivity contribution in [2.24, 2.45) is 5.92 Å². The summed E-state index contributed by atoms with van der Waals surface area (Å²) >= 11 is 0. The number of hydrogen-bond donors (Lipinski definition) is 3. The average molecular weight is 339 g/mol. The molecule has 0 aliphatic carbocycles. The standard InChI is InChI=1S/C17H26N4O.ClH/c1-11(2)12-5-4-6-13(9-12)21(3)17(22)16-14-10-18-8-7-15(14)19-20-16;/h4-6,9,11,14-16,18-20H,7-8,10H2,1-3H3;1H. The maximum absolute atomic E-state index is 12.9. The van der Waals surface area contributed by atoms with Crippen LogP contribution in [-0.4, -0.2) is 38.1 Å². The predicted octanol–water partition coefficient (Wildman–Crippen LogP) is 1.65. The van der Waals surface area contributed by atoms with Gasteiger partial charge in [-0.05, 0) is 36.6 Å². The van der Waals surface area contributed by atoms with Crippen LogP contribution in [0.2, 0.25) is 0 Å². The number of anilines is 1. The second kappa shape index (κ2) is 7.62. The number of hydrazine groups is 1. The number of halogens is 1. The van der Waals surface area contributed by atoms with Gasteiger partial charge < -0.3 is 10.2 Å². The summed E-state index contributed by atoms with van der Waals surface area (Å²) in [5.41, 5.74) is 8.71. The van der Waals surface area contributed by atoms with Crippen LogP contribution in [-0.2, 0) is 4.79 Å². The highest BCUT2D eigenvalue weighted by Crippen LogP contribution is 2.25. The van der Waals surface area contributed by atoms with Crippen molar-refractivity contribution < 1.29 is 4.79 Å². The summed E-state index contributed by atoms with van der Waals surface area (Å²) in [6.45, 7) is 6.24. The van der Waals surface area contributed by atoms with Crippen molar-refractivity contribution in [1.82, 2.24) is 16.2 Å². The lowest BCUT2D eigenvalue weighted by molar-refractivity contribution is -0.121. The maximum atomic E-state index is 12.9. The third-order valence-corrected chi connectivity index (χ3v) is 4.90. The zero-order valence-electron chi connectivity index (χ0n) is 14.0. The third-order valence-electron chi connectivity index (χ3n) is 4.90. The van der Waals surface area contributed by atoms with Crippen molar-refractivity contribution in [2.45, 2.75) is 38.3 Å². The Morgan fingerprint density at radius 1 is 1.30 bits per heavy atom. The van der Waals surface area contributed by atoms with Crippen molar-refractivity contribution >= 4 is 24.0 Å². The highest BCUT2D eigenvalue weighted by molar-refractivity contribution is 5.97. The molecule has 3 atom stereocenters. The highest BCUT2D eigenvalue weighted by Gasteiger charge is 2.42. The molecule has 6 heteroatoms. The number of benzene rings is 1. The number of amides is 1. The summed E-state index contributed by atoms with van der Waals surface area (Å²) in [6.07, 6.45) is 1.06. The van der Waals surface area contributed by atoms with E-state index in [1.54, 1.807) is 4.90 Å². The fraction of sp³-hybridized carbons (Fsp3) is 0.588. The van der Waals surface area contributed by atoms with Crippen molar-refractivity contribution in [2.75, 3.05) is 25.0 Å². The van der Waals surface area contributed by atoms with Gasteiger partial charge in [0.05, 0.1) is 0 Å². The molecule has 2 fully saturated rings. The first-order valence-electron chi connectivity index (χ1n) is 8.17. The van der Waals surface area contributed by atoms with Gasteiger partial charge in [-0.15, -0.1) is 12.4 Å². The van der Waals surface area contributed by atoms with Crippen LogP contribution < -0.4 is 21.1 Å². The van der Waals surface area contributed by atoms with Gasteiger partial charge in [-0.2, -0.15) is 0 Å². The van der Waals surface area contributed by atoms with Gasteiger partial charge in [0.1, 0.15) is 6.04 Å². The van der Waals surface area contributed by atoms with Gasteiger partial charge in [0.2, 0.25) is 5.91 Å². The SMILES string of the molecule is CC(C)c1cccc(N(C)C(=O)C2NNC3CCNCC32)c1.Cl. The van der Waals surface area contributed by atoms with E-state index in [1.807, 2.05) is 19.2 Å². The molecule has 1 aromatic carbocycles. The largest absolute Gasteiger partial charge is 0.316 e. The summed E-state index contributed by atoms with van der Waals surface area (Å²) in [5.74, 6) is 0.906. The normalized spacial score (nSPS) is 26.5. The molecule has 0 bridgehead atoms. The Hall–Kier alpha value is -1.14. The molecule has 0 radical (unpaired) electrons. The van der Waals surface area contributed by atoms with Gasteiger partial charge in [-0.3, -0.25) is 10.2 Å². The molecule has 1 aromatic rings. The zero-order chi connectivity index (χ0) is 15.7. The molecule has 23 heavy (non-hydrogen) atoms. The van der Waals surface area contributed by atoms with E-state index in [1.165, 1.54) is 5.56 Å². The number of likely N-dealkylation sites (N-methyl/N-ethyl adjacent to an activating group) is 1. The first kappa shape index (κ1) is 18.2. The Labute approximate surface area is 144 Å². The van der Waals surface area contributed by atoms with Crippen LogP contribution in [0.15, 0.2) is 24.3 Å². The molecule has 0 spiro atoms. The summed E-state index contributed by atoms with van der Waals surface area (Å²) in [7, 11) is 1.87. The van der Waals surface area contributed by atoms with Crippen LogP contribution in [0.4, 0.5) is 5.69 Å². The number of hydrogen-bond acceptors (Lipinski definition) is 4. The van der Waals surface area contributed by atoms with E-state index in [9.17, 15) is 4.79 Å². The topological polar surface area (TPSA) is 56.4 Å². The lowest BCUT2D eigenvalue weighted by Crippen LogP contribution is -2.49. The number of nitrogens with zero attached hydrogens (tertiary/aromatic N) is 1. The molecule has 0 aromatic heterocycles. The number of fused-ring (bicyclic) bond motifs is 1. The fourth-order valence-electron chi connectivity index (χ4n) is 3.39. The van der Waals surface area contributed by atoms with E-state index in [0.717, 1.165) is 25.2 Å². The average Bonchev–Trinajstić information content (AvgIpc) is 2.97. The molecule has 0 saturated carbocycles. The maximum Gasteiger partial charge on any atom is 0.245 e. The molecule has 128 valence electrons. The molecule has 5 nitrogen and oxygen atoms in total. The van der Waals surface area contributed by atoms with Crippen molar-refractivity contribution in [1.29, 1.82) is 0 Å². The monoisotopic (exact) mass is 338 g/mol. The minimum absolute atomic E-state index is 0. The van der Waals surface area contributed by atoms with E-state index in [-0.39, 0.29) is 24.4 Å². The van der Waals surface area contributed by atoms with Crippen LogP contribution in [0, 0.1) is 5.92 Å². The smallest absolute Gasteiger partial charge is 0.245 e. The van der Waals surface area contributed by atoms with Crippen LogP contribution in [0.25, 0.3) is 0 Å². The number of carbonyl (C=O) groups is 1. The van der Waals surface area contributed by atoms with E-state index < -0.39 is 0 Å². The fourth-order valence-corrected chi connectivity index (χ4v) is 3.39. The second-order valence-electron chi connectivity index (χ2n) is 6.68. The summed E-state index contributed by atoms with van der Waals surface area (Å²) < 4.78 is 0. The molecule has 2 heterocycles. The summed E-state index contributed by atoms with van der Waals surface area (Å²) in [5, 5.41) is 3.39. The van der Waals surface area contributed by atoms with Gasteiger partial charge in [0, 0.05) is 31.2 Å². The van der Waals surface area contributed by atoms with Crippen LogP contribution in [0.5, 0.6) is 0 Å². The first-order chi connectivity index (χ1) is 10.6. The van der Waals surface area contributed by atoms with E-state index in [2.05, 4.69) is 42.1 Å². The van der Waals surface area contributed by atoms with E-state index >= 15 is 0 Å². The van der Waals surface area contributed by atoms with Crippen molar-refractivity contribution in [3.8, 4) is 0 Å². The van der Waals surface area contributed by atoms with Gasteiger partial charge in [-0.25, -0.2) is 5.43 Å². The Kier molecular flexibility index (Phi) is 6.03. The molecule has 2 aliphatic rings. The lowest BCUT2D eigenvalue weighted by atomic mass is 9.89. The molecule has 3 rings (SSSR count). The minimum Gasteiger partial charge on any atom is -0.316 e. The van der Waals surface area contributed by atoms with Gasteiger partial charge in [0.25, 0.3) is 0 Å². The molecular weight excluding hydrogens is 312 g/mol. The van der Waals surface area contributed by atoms with Gasteiger partial charge in [0.15, 0.2) is 0 Å². The van der Waals surface area contributed by atoms with Crippen LogP contribution in [0.1, 0.15) is 31.7 Å². The van der Waals surface area contributed by atoms with Crippen LogP contribution in [0.3, 0.4) is 0 Å². The lowest BCUT2D eigenvalue weighted by Gasteiger charge is -2.29. The quantitative estimate of drug-likeness (QED) is 0.784. The van der Waals surface area contributed by atoms with Crippen LogP contribution >= 0.6 is 12.4 Å². The van der Waals surface area contributed by atoms with E-state index in [0.29, 0.717) is 17.9 Å². The molecule has 3 N–H and O–H groups in total. The Morgan fingerprint density at radius 3 is 2.83 bits per heavy atom. The van der Waals surface area contributed by atoms with Crippen molar-refractivity contribution in [3.05, 3.63) is 29.8 Å². The van der Waals surface area contributed by atoms with Crippen molar-refractivity contribution in [3.63, 3.8) is 0 Å². The molecule has 2 aliphatic heterocycles. The first-order valence-corrected chi connectivity index (χ1v) is 8.17.